The van der Waals surface area contributed by atoms with Gasteiger partial charge in [-0.1, -0.05) is 28.1 Å². The molecule has 7 heteroatoms. The topological polar surface area (TPSA) is 13.1 Å². The number of aryl methyl sites for hydroxylation is 1. The second-order valence-electron chi connectivity index (χ2n) is 5.94. The van der Waals surface area contributed by atoms with E-state index in [0.29, 0.717) is 0 Å². The number of rotatable bonds is 3. The van der Waals surface area contributed by atoms with Gasteiger partial charge in [-0.15, -0.1) is 0 Å². The molecule has 136 valence electrons. The van der Waals surface area contributed by atoms with E-state index in [2.05, 4.69) is 135 Å². The van der Waals surface area contributed by atoms with Crippen LogP contribution in [0.3, 0.4) is 0 Å². The van der Waals surface area contributed by atoms with Gasteiger partial charge in [0.25, 0.3) is 0 Å². The van der Waals surface area contributed by atoms with Gasteiger partial charge in [-0.25, -0.2) is 0 Å². The number of hydrogen-bond donors (Lipinski definition) is 0. The molecule has 1 aliphatic carbocycles. The van der Waals surface area contributed by atoms with E-state index in [-0.39, 0.29) is 0 Å². The first-order valence-electron chi connectivity index (χ1n) is 8.00. The van der Waals surface area contributed by atoms with E-state index in [0.717, 1.165) is 17.1 Å². The molecule has 1 fully saturated rings. The summed E-state index contributed by atoms with van der Waals surface area (Å²) in [6, 6.07) is 9.13. The number of benzene rings is 1. The van der Waals surface area contributed by atoms with E-state index in [4.69, 9.17) is 0 Å². The molecule has 0 radical (unpaired) electrons. The van der Waals surface area contributed by atoms with Gasteiger partial charge in [0.15, 0.2) is 0 Å². The Balaban J connectivity index is 0.000000177. The average molecular weight is 797 g/mol. The SMILES string of the molecule is Brc1ccc(CN(I)I)cc1.Cn1ccn(C2CCCCC2)[c]1=[Pt]. The second-order valence-corrected chi connectivity index (χ2v) is 12.0. The van der Waals surface area contributed by atoms with Gasteiger partial charge < -0.3 is 0 Å². The van der Waals surface area contributed by atoms with Crippen molar-refractivity contribution < 1.29 is 19.4 Å². The van der Waals surface area contributed by atoms with Gasteiger partial charge in [0.05, 0.1) is 0 Å². The molecule has 1 aromatic heterocycles. The maximum atomic E-state index is 3.39. The van der Waals surface area contributed by atoms with Crippen LogP contribution < -0.4 is 0 Å². The fourth-order valence-electron chi connectivity index (χ4n) is 2.82. The molecule has 0 atom stereocenters. The van der Waals surface area contributed by atoms with E-state index < -0.39 is 0 Å². The quantitative estimate of drug-likeness (QED) is 0.261. The Hall–Kier alpha value is 1.02. The third-order valence-corrected chi connectivity index (χ3v) is 6.70. The standard InChI is InChI=1S/C10H16N2.C7H6BrI2N.Pt/c1-11-7-8-12(9-11)10-5-3-2-4-6-10;8-7-3-1-6(2-4-7)5-11(9)10;/h7-8,10H,2-6H2,1H3;1-4H,5H2;. The van der Waals surface area contributed by atoms with Crippen LogP contribution in [-0.2, 0) is 32.9 Å². The summed E-state index contributed by atoms with van der Waals surface area (Å²) in [5.41, 5.74) is 1.33. The van der Waals surface area contributed by atoms with Crippen LogP contribution in [0.15, 0.2) is 41.1 Å². The zero-order valence-electron chi connectivity index (χ0n) is 13.6. The maximum absolute atomic E-state index is 3.39. The molecule has 1 aliphatic rings. The summed E-state index contributed by atoms with van der Waals surface area (Å²) in [6.45, 7) is 0.981. The molecule has 1 aromatic carbocycles. The molecule has 0 unspecified atom stereocenters. The Bertz CT molecular complexity index is 676. The fourth-order valence-corrected chi connectivity index (χ4v) is 4.62. The molecule has 2 aromatic rings. The van der Waals surface area contributed by atoms with Crippen LogP contribution in [0.2, 0.25) is 0 Å². The fraction of sp³-hybridized carbons (Fsp3) is 0.471. The first-order chi connectivity index (χ1) is 11.5. The summed E-state index contributed by atoms with van der Waals surface area (Å²) in [5.74, 6) is 0. The molecule has 0 N–H and O–H groups in total. The number of halogens is 3. The van der Waals surface area contributed by atoms with Crippen LogP contribution in [0.1, 0.15) is 43.7 Å². The van der Waals surface area contributed by atoms with E-state index in [1.54, 1.807) is 0 Å². The summed E-state index contributed by atoms with van der Waals surface area (Å²) < 4.78 is 9.21. The van der Waals surface area contributed by atoms with Gasteiger partial charge in [-0.05, 0) is 17.7 Å². The molecule has 3 nitrogen and oxygen atoms in total. The molecule has 1 saturated carbocycles. The van der Waals surface area contributed by atoms with E-state index in [1.165, 1.54) is 41.5 Å². The zero-order chi connectivity index (χ0) is 17.5. The Kier molecular flexibility index (Phi) is 9.77. The van der Waals surface area contributed by atoms with Crippen LogP contribution in [0, 0.1) is 3.80 Å². The third-order valence-electron chi connectivity index (χ3n) is 4.10. The average Bonchev–Trinajstić information content (AvgIpc) is 2.90. The van der Waals surface area contributed by atoms with E-state index in [1.807, 2.05) is 0 Å². The Morgan fingerprint density at radius 3 is 2.25 bits per heavy atom. The first-order valence-corrected chi connectivity index (χ1v) is 11.9. The van der Waals surface area contributed by atoms with Crippen molar-refractivity contribution in [3.8, 4) is 0 Å². The molecule has 3 rings (SSSR count). The van der Waals surface area contributed by atoms with Gasteiger partial charge in [-0.3, -0.25) is 0 Å². The van der Waals surface area contributed by atoms with Crippen LogP contribution in [0.5, 0.6) is 0 Å². The molecule has 1 heterocycles. The molecule has 0 amide bonds. The minimum absolute atomic E-state index is 0.766. The van der Waals surface area contributed by atoms with Gasteiger partial charge in [0, 0.05) is 56.7 Å². The summed E-state index contributed by atoms with van der Waals surface area (Å²) in [4.78, 5) is 0. The van der Waals surface area contributed by atoms with E-state index in [9.17, 15) is 0 Å². The molecule has 0 aliphatic heterocycles. The van der Waals surface area contributed by atoms with Crippen LogP contribution in [0.25, 0.3) is 0 Å². The van der Waals surface area contributed by atoms with Crippen LogP contribution in [-0.4, -0.2) is 10.5 Å². The molecule has 0 spiro atoms. The molecular formula is C17H22BrI2N3Pt. The van der Waals surface area contributed by atoms with Crippen molar-refractivity contribution in [3.05, 3.63) is 50.5 Å². The predicted octanol–water partition coefficient (Wildman–Crippen LogP) is 6.36. The Labute approximate surface area is 191 Å². The number of aromatic nitrogens is 2. The van der Waals surface area contributed by atoms with Gasteiger partial charge in [0.2, 0.25) is 0 Å². The van der Waals surface area contributed by atoms with Crippen molar-refractivity contribution in [2.75, 3.05) is 0 Å². The van der Waals surface area contributed by atoms with Crippen LogP contribution >= 0.6 is 61.7 Å². The summed E-state index contributed by atoms with van der Waals surface area (Å²) >= 11 is 10.3. The van der Waals surface area contributed by atoms with Crippen LogP contribution in [0.4, 0.5) is 0 Å². The number of imidazole rings is 1. The summed E-state index contributed by atoms with van der Waals surface area (Å²) in [7, 11) is 2.11. The van der Waals surface area contributed by atoms with Gasteiger partial charge in [-0.2, -0.15) is 1.33 Å². The molecule has 0 bridgehead atoms. The van der Waals surface area contributed by atoms with Crippen molar-refractivity contribution in [2.24, 2.45) is 7.05 Å². The van der Waals surface area contributed by atoms with Crippen molar-refractivity contribution in [3.63, 3.8) is 0 Å². The molecular weight excluding hydrogens is 775 g/mol. The predicted molar refractivity (Wildman–Crippen MR) is 116 cm³/mol. The van der Waals surface area contributed by atoms with Gasteiger partial charge >= 0.3 is 89.9 Å². The van der Waals surface area contributed by atoms with Gasteiger partial charge in [0.1, 0.15) is 0 Å². The second kappa shape index (κ2) is 11.0. The summed E-state index contributed by atoms with van der Waals surface area (Å²) in [6.07, 6.45) is 11.3. The molecule has 24 heavy (non-hydrogen) atoms. The van der Waals surface area contributed by atoms with Crippen molar-refractivity contribution in [1.29, 1.82) is 0 Å². The molecule has 0 saturated heterocycles. The van der Waals surface area contributed by atoms with Crippen molar-refractivity contribution >= 4 is 61.7 Å². The Morgan fingerprint density at radius 2 is 1.75 bits per heavy atom. The Morgan fingerprint density at radius 1 is 1.12 bits per heavy atom. The van der Waals surface area contributed by atoms with Crippen molar-refractivity contribution in [1.82, 2.24) is 10.5 Å². The first kappa shape index (κ1) is 21.3. The normalized spacial score (nSPS) is 15.3. The third kappa shape index (κ3) is 6.97. The summed E-state index contributed by atoms with van der Waals surface area (Å²) in [5, 5.41) is 0. The number of nitrogens with zero attached hydrogens (tertiary/aromatic N) is 3. The minimum atomic E-state index is 0.766. The van der Waals surface area contributed by atoms with Crippen molar-refractivity contribution in [2.45, 2.75) is 44.7 Å². The number of hydrogen-bond acceptors (Lipinski definition) is 1. The zero-order valence-corrected chi connectivity index (χ0v) is 21.7. The monoisotopic (exact) mass is 796 g/mol. The van der Waals surface area contributed by atoms with E-state index >= 15 is 0 Å².